The maximum atomic E-state index is 3.36. The number of hydrogen-bond donors (Lipinski definition) is 1. The van der Waals surface area contributed by atoms with Crippen LogP contribution in [0, 0.1) is 0 Å². The molecule has 1 N–H and O–H groups in total. The SMILES string of the molecule is C[N+]1=C(/C=C/c2c[nH]c3ccccc23)C(C)(C)c2c1ccc1ccccc21.[I-]. The number of H-pyrrole nitrogens is 1. The fourth-order valence-corrected chi connectivity index (χ4v) is 4.59. The third kappa shape index (κ3) is 2.72. The first kappa shape index (κ1) is 18.9. The summed E-state index contributed by atoms with van der Waals surface area (Å²) in [4.78, 5) is 3.36. The zero-order valence-electron chi connectivity index (χ0n) is 16.3. The van der Waals surface area contributed by atoms with Gasteiger partial charge < -0.3 is 29.0 Å². The molecule has 2 nitrogen and oxygen atoms in total. The highest BCUT2D eigenvalue weighted by Gasteiger charge is 2.44. The van der Waals surface area contributed by atoms with Crippen LogP contribution in [0.25, 0.3) is 27.8 Å². The number of fused-ring (bicyclic) bond motifs is 4. The number of halogens is 1. The van der Waals surface area contributed by atoms with Crippen LogP contribution in [-0.2, 0) is 5.41 Å². The minimum Gasteiger partial charge on any atom is -1.00 e. The van der Waals surface area contributed by atoms with Crippen molar-refractivity contribution in [3.63, 3.8) is 0 Å². The maximum Gasteiger partial charge on any atom is 0.210 e. The molecule has 0 unspecified atom stereocenters. The Morgan fingerprint density at radius 1 is 0.857 bits per heavy atom. The molecule has 0 fully saturated rings. The molecule has 0 amide bonds. The highest BCUT2D eigenvalue weighted by atomic mass is 127. The molecule has 4 aromatic rings. The minimum absolute atomic E-state index is 0. The molecule has 0 saturated heterocycles. The predicted octanol–water partition coefficient (Wildman–Crippen LogP) is 3.04. The molecule has 140 valence electrons. The molecule has 0 radical (unpaired) electrons. The normalized spacial score (nSPS) is 15.4. The van der Waals surface area contributed by atoms with Crippen LogP contribution in [0.1, 0.15) is 25.0 Å². The molecule has 3 aromatic carbocycles. The van der Waals surface area contributed by atoms with Crippen LogP contribution in [0.2, 0.25) is 0 Å². The van der Waals surface area contributed by atoms with Crippen molar-refractivity contribution in [1.29, 1.82) is 0 Å². The molecular formula is C25H23IN2. The third-order valence-corrected chi connectivity index (χ3v) is 5.94. The molecule has 28 heavy (non-hydrogen) atoms. The molecule has 0 saturated carbocycles. The van der Waals surface area contributed by atoms with E-state index in [1.54, 1.807) is 0 Å². The highest BCUT2D eigenvalue weighted by Crippen LogP contribution is 2.43. The van der Waals surface area contributed by atoms with Crippen molar-refractivity contribution in [2.75, 3.05) is 7.05 Å². The van der Waals surface area contributed by atoms with E-state index in [4.69, 9.17) is 0 Å². The van der Waals surface area contributed by atoms with Gasteiger partial charge in [-0.1, -0.05) is 42.5 Å². The van der Waals surface area contributed by atoms with Gasteiger partial charge in [0.1, 0.15) is 7.05 Å². The van der Waals surface area contributed by atoms with Gasteiger partial charge in [-0.25, -0.2) is 0 Å². The van der Waals surface area contributed by atoms with Crippen molar-refractivity contribution in [1.82, 2.24) is 4.98 Å². The van der Waals surface area contributed by atoms with Crippen LogP contribution in [0.3, 0.4) is 0 Å². The number of aromatic nitrogens is 1. The Hall–Kier alpha value is -2.40. The fraction of sp³-hybridized carbons (Fsp3) is 0.160. The van der Waals surface area contributed by atoms with Crippen molar-refractivity contribution in [3.8, 4) is 0 Å². The number of nitrogens with one attached hydrogen (secondary N) is 1. The standard InChI is InChI=1S/C25H22N2.HI/c1-25(2)23(15-13-18-16-26-21-11-7-6-9-19(18)21)27(3)22-14-12-17-8-4-5-10-20(17)24(22)25;/h4-16H,1-3H3;1H. The summed E-state index contributed by atoms with van der Waals surface area (Å²) in [5.41, 5.74) is 6.39. The average molecular weight is 478 g/mol. The molecule has 3 heteroatoms. The van der Waals surface area contributed by atoms with Gasteiger partial charge in [0.25, 0.3) is 0 Å². The van der Waals surface area contributed by atoms with E-state index in [9.17, 15) is 0 Å². The van der Waals surface area contributed by atoms with Crippen molar-refractivity contribution in [3.05, 3.63) is 84.1 Å². The summed E-state index contributed by atoms with van der Waals surface area (Å²) in [5, 5.41) is 3.91. The predicted molar refractivity (Wildman–Crippen MR) is 115 cm³/mol. The van der Waals surface area contributed by atoms with E-state index in [0.29, 0.717) is 0 Å². The Bertz CT molecular complexity index is 1260. The zero-order chi connectivity index (χ0) is 18.6. The Morgan fingerprint density at radius 3 is 2.39 bits per heavy atom. The van der Waals surface area contributed by atoms with E-state index in [1.165, 1.54) is 44.2 Å². The summed E-state index contributed by atoms with van der Waals surface area (Å²) in [6.45, 7) is 4.66. The van der Waals surface area contributed by atoms with E-state index in [0.717, 1.165) is 0 Å². The molecular weight excluding hydrogens is 455 g/mol. The molecule has 1 aliphatic heterocycles. The largest absolute Gasteiger partial charge is 1.00 e. The molecule has 2 heterocycles. The molecule has 1 aromatic heterocycles. The third-order valence-electron chi connectivity index (χ3n) is 5.94. The van der Waals surface area contributed by atoms with Crippen LogP contribution in [0.5, 0.6) is 0 Å². The van der Waals surface area contributed by atoms with Gasteiger partial charge in [-0.05, 0) is 48.4 Å². The van der Waals surface area contributed by atoms with Crippen molar-refractivity contribution in [2.24, 2.45) is 0 Å². The van der Waals surface area contributed by atoms with Gasteiger partial charge in [0.05, 0.1) is 5.41 Å². The first-order chi connectivity index (χ1) is 13.1. The first-order valence-electron chi connectivity index (χ1n) is 9.45. The minimum atomic E-state index is -0.0481. The van der Waals surface area contributed by atoms with Crippen molar-refractivity contribution in [2.45, 2.75) is 19.3 Å². The number of hydrogen-bond acceptors (Lipinski definition) is 0. The van der Waals surface area contributed by atoms with Crippen LogP contribution >= 0.6 is 0 Å². The van der Waals surface area contributed by atoms with Crippen LogP contribution < -0.4 is 24.0 Å². The summed E-state index contributed by atoms with van der Waals surface area (Å²) in [7, 11) is 2.18. The van der Waals surface area contributed by atoms with E-state index < -0.39 is 0 Å². The lowest BCUT2D eigenvalue weighted by atomic mass is 9.79. The molecule has 0 atom stereocenters. The van der Waals surface area contributed by atoms with Crippen molar-refractivity contribution >= 4 is 39.2 Å². The fourth-order valence-electron chi connectivity index (χ4n) is 4.59. The lowest BCUT2D eigenvalue weighted by molar-refractivity contribution is -0.401. The molecule has 1 aliphatic rings. The summed E-state index contributed by atoms with van der Waals surface area (Å²) in [6, 6.07) is 21.6. The highest BCUT2D eigenvalue weighted by molar-refractivity contribution is 6.09. The topological polar surface area (TPSA) is 18.8 Å². The lowest BCUT2D eigenvalue weighted by Gasteiger charge is -2.17. The summed E-state index contributed by atoms with van der Waals surface area (Å²) in [6.07, 6.45) is 6.61. The van der Waals surface area contributed by atoms with E-state index >= 15 is 0 Å². The Kier molecular flexibility index (Phi) is 4.66. The van der Waals surface area contributed by atoms with Crippen LogP contribution in [0.4, 0.5) is 5.69 Å². The summed E-state index contributed by atoms with van der Waals surface area (Å²) in [5.74, 6) is 0. The number of nitrogens with zero attached hydrogens (tertiary/aromatic N) is 1. The second-order valence-corrected chi connectivity index (χ2v) is 7.87. The van der Waals surface area contributed by atoms with Gasteiger partial charge in [-0.15, -0.1) is 0 Å². The second-order valence-electron chi connectivity index (χ2n) is 7.87. The quantitative estimate of drug-likeness (QED) is 0.338. The summed E-state index contributed by atoms with van der Waals surface area (Å²) >= 11 is 0. The number of allylic oxidation sites excluding steroid dienone is 1. The van der Waals surface area contributed by atoms with Gasteiger partial charge in [0.15, 0.2) is 5.71 Å². The first-order valence-corrected chi connectivity index (χ1v) is 9.45. The number of rotatable bonds is 2. The molecule has 0 bridgehead atoms. The average Bonchev–Trinajstić information content (AvgIpc) is 3.17. The van der Waals surface area contributed by atoms with E-state index in [2.05, 4.69) is 109 Å². The molecule has 0 spiro atoms. The summed E-state index contributed by atoms with van der Waals surface area (Å²) < 4.78 is 2.34. The van der Waals surface area contributed by atoms with Crippen LogP contribution in [0.15, 0.2) is 72.9 Å². The van der Waals surface area contributed by atoms with Gasteiger partial charge >= 0.3 is 0 Å². The lowest BCUT2D eigenvalue weighted by Crippen LogP contribution is -3.00. The van der Waals surface area contributed by atoms with Gasteiger partial charge in [0, 0.05) is 34.8 Å². The second kappa shape index (κ2) is 6.89. The Morgan fingerprint density at radius 2 is 1.57 bits per heavy atom. The van der Waals surface area contributed by atoms with Gasteiger partial charge in [0.2, 0.25) is 5.69 Å². The smallest absolute Gasteiger partial charge is 0.210 e. The van der Waals surface area contributed by atoms with E-state index in [-0.39, 0.29) is 29.4 Å². The van der Waals surface area contributed by atoms with Crippen LogP contribution in [-0.4, -0.2) is 22.3 Å². The zero-order valence-corrected chi connectivity index (χ0v) is 18.5. The van der Waals surface area contributed by atoms with Crippen molar-refractivity contribution < 1.29 is 28.6 Å². The van der Waals surface area contributed by atoms with Gasteiger partial charge in [-0.3, -0.25) is 0 Å². The number of aromatic amines is 1. The molecule has 5 rings (SSSR count). The Labute approximate surface area is 182 Å². The monoisotopic (exact) mass is 478 g/mol. The number of para-hydroxylation sites is 1. The number of benzene rings is 3. The maximum absolute atomic E-state index is 3.36. The molecule has 0 aliphatic carbocycles. The van der Waals surface area contributed by atoms with Gasteiger partial charge in [-0.2, -0.15) is 4.58 Å². The van der Waals surface area contributed by atoms with E-state index in [1.807, 2.05) is 0 Å². The Balaban J connectivity index is 0.00000192.